The summed E-state index contributed by atoms with van der Waals surface area (Å²) in [5.74, 6) is 3.83. The summed E-state index contributed by atoms with van der Waals surface area (Å²) in [6, 6.07) is 40.0. The number of hydrogen-bond acceptors (Lipinski definition) is 12. The summed E-state index contributed by atoms with van der Waals surface area (Å²) in [6.45, 7) is 4.88. The Morgan fingerprint density at radius 2 is 0.979 bits per heavy atom. The number of amides is 2. The lowest BCUT2D eigenvalue weighted by Gasteiger charge is -2.41. The Labute approximate surface area is 560 Å². The first kappa shape index (κ1) is 66.2. The molecule has 96 heavy (non-hydrogen) atoms. The van der Waals surface area contributed by atoms with Gasteiger partial charge in [-0.25, -0.2) is 0 Å². The number of carbonyl (C=O) groups excluding carboxylic acids is 7. The summed E-state index contributed by atoms with van der Waals surface area (Å²) in [7, 11) is 3.35. The van der Waals surface area contributed by atoms with Crippen LogP contribution in [0.5, 0.6) is 23.0 Å². The number of ketones is 2. The van der Waals surface area contributed by atoms with Crippen LogP contribution in [-0.4, -0.2) is 83.6 Å². The molecule has 4 fully saturated rings. The van der Waals surface area contributed by atoms with E-state index in [0.717, 1.165) is 99.5 Å². The van der Waals surface area contributed by atoms with Gasteiger partial charge in [0.1, 0.15) is 36.2 Å². The summed E-state index contributed by atoms with van der Waals surface area (Å²) in [4.78, 5) is 81.7. The van der Waals surface area contributed by atoms with E-state index in [4.69, 9.17) is 28.5 Å². The predicted octanol–water partition coefficient (Wildman–Crippen LogP) is 15.4. The van der Waals surface area contributed by atoms with Crippen molar-refractivity contribution in [1.29, 1.82) is 0 Å². The van der Waals surface area contributed by atoms with Crippen LogP contribution >= 0.6 is 0 Å². The Kier molecular flexibility index (Phi) is 20.6. The van der Waals surface area contributed by atoms with E-state index in [-0.39, 0.29) is 36.0 Å². The number of methoxy groups -OCH3 is 2. The minimum absolute atomic E-state index is 0.0195. The number of carbonyl (C=O) groups is 5. The van der Waals surface area contributed by atoms with Crippen LogP contribution in [0.2, 0.25) is 0 Å². The van der Waals surface area contributed by atoms with Crippen LogP contribution in [0.4, 0.5) is 0 Å². The fourth-order valence-corrected chi connectivity index (χ4v) is 15.3. The summed E-state index contributed by atoms with van der Waals surface area (Å²) in [5.41, 5.74) is 12.7. The standard InChI is InChI=1S/C40H44N2O4.C39H40N2O6.CO2/c1-3-4-9-27-12-14-28(15-13-27)24-36(43)40(20-8-21-40)41-39(44)30-16-18-32-34(25-30)42-22-23-46-35-26-31(45-2)17-19-33(35)38(42)37(32)29-10-6-5-7-11-29;1-45-30-13-15-32-34(24-30)47-21-19-41-33-23-29(12-14-31(33)36(37(32)41)28-6-3-2-4-7-28)38(44)40-39(17-5-18-39)35(43)22-27-10-8-26(9-11-27)16-20-46-25-42;2-1-3/h4,9,12-19,25-26,29H,3,5-8,10-11,20-24H2,1-2H3,(H,41,44);8-16,20,23-25,28H,2-7,17-19,21-22H2,1H3,(H,40,44);/b9-4+;20-16+;. The second-order valence-electron chi connectivity index (χ2n) is 26.3. The minimum Gasteiger partial charge on any atom is -0.497 e. The Morgan fingerprint density at radius 1 is 0.552 bits per heavy atom. The molecule has 4 aliphatic carbocycles. The molecular weight excluding hydrogens is 1210 g/mol. The summed E-state index contributed by atoms with van der Waals surface area (Å²) < 4.78 is 32.9. The maximum Gasteiger partial charge on any atom is 0.373 e. The molecule has 496 valence electrons. The van der Waals surface area contributed by atoms with Crippen LogP contribution in [0.15, 0.2) is 134 Å². The van der Waals surface area contributed by atoms with E-state index in [2.05, 4.69) is 80.0 Å². The average Bonchev–Trinajstić information content (AvgIpc) is 1.59. The second-order valence-corrected chi connectivity index (χ2v) is 26.3. The molecule has 6 aliphatic rings. The summed E-state index contributed by atoms with van der Waals surface area (Å²) in [6.07, 6.45) is 25.6. The number of aromatic nitrogens is 2. The van der Waals surface area contributed by atoms with E-state index in [9.17, 15) is 24.0 Å². The van der Waals surface area contributed by atoms with Crippen molar-refractivity contribution in [3.05, 3.63) is 178 Å². The number of nitrogens with one attached hydrogen (secondary N) is 2. The van der Waals surface area contributed by atoms with Crippen molar-refractivity contribution in [2.45, 2.75) is 165 Å². The van der Waals surface area contributed by atoms with Gasteiger partial charge in [0, 0.05) is 69.0 Å². The fourth-order valence-electron chi connectivity index (χ4n) is 15.3. The predicted molar refractivity (Wildman–Crippen MR) is 369 cm³/mol. The molecule has 2 aromatic heterocycles. The quantitative estimate of drug-likeness (QED) is 0.0574. The molecule has 16 heteroatoms. The molecule has 0 atom stereocenters. The van der Waals surface area contributed by atoms with Crippen molar-refractivity contribution in [3.63, 3.8) is 0 Å². The molecule has 0 bridgehead atoms. The molecule has 0 saturated heterocycles. The van der Waals surface area contributed by atoms with Gasteiger partial charge in [0.2, 0.25) is 0 Å². The van der Waals surface area contributed by atoms with Crippen LogP contribution in [0.3, 0.4) is 0 Å². The van der Waals surface area contributed by atoms with E-state index in [0.29, 0.717) is 87.8 Å². The molecule has 16 nitrogen and oxygen atoms in total. The third-order valence-electron chi connectivity index (χ3n) is 20.6. The first-order valence-electron chi connectivity index (χ1n) is 34.2. The van der Waals surface area contributed by atoms with Crippen LogP contribution < -0.4 is 29.6 Å². The van der Waals surface area contributed by atoms with Gasteiger partial charge < -0.3 is 43.5 Å². The van der Waals surface area contributed by atoms with E-state index in [1.54, 1.807) is 20.3 Å². The smallest absolute Gasteiger partial charge is 0.373 e. The molecule has 0 unspecified atom stereocenters. The van der Waals surface area contributed by atoms with Gasteiger partial charge in [-0.15, -0.1) is 0 Å². The number of nitrogens with zero attached hydrogens (tertiary/aromatic N) is 2. The molecule has 4 heterocycles. The highest BCUT2D eigenvalue weighted by Crippen LogP contribution is 2.50. The lowest BCUT2D eigenvalue weighted by atomic mass is 9.72. The van der Waals surface area contributed by atoms with Crippen molar-refractivity contribution in [2.75, 3.05) is 27.4 Å². The van der Waals surface area contributed by atoms with E-state index < -0.39 is 11.1 Å². The zero-order valence-corrected chi connectivity index (χ0v) is 55.1. The van der Waals surface area contributed by atoms with Crippen LogP contribution in [0.1, 0.15) is 182 Å². The van der Waals surface area contributed by atoms with Crippen molar-refractivity contribution in [3.8, 4) is 45.5 Å². The zero-order chi connectivity index (χ0) is 66.8. The lowest BCUT2D eigenvalue weighted by Crippen LogP contribution is -2.59. The topological polar surface area (TPSA) is 200 Å². The van der Waals surface area contributed by atoms with Crippen LogP contribution in [0.25, 0.3) is 56.5 Å². The molecule has 2 amide bonds. The number of Topliss-reactive ketones (excluding diaryl/α,β-unsaturated/α-hetero) is 2. The number of allylic oxidation sites excluding steroid dienone is 1. The highest BCUT2D eigenvalue weighted by molar-refractivity contribution is 6.06. The highest BCUT2D eigenvalue weighted by Gasteiger charge is 2.46. The van der Waals surface area contributed by atoms with Crippen molar-refractivity contribution < 1.29 is 57.2 Å². The average molecular weight is 1290 g/mol. The fraction of sp³-hybridized carbons (Fsp3) is 0.375. The zero-order valence-electron chi connectivity index (χ0n) is 55.1. The number of hydrogen-bond donors (Lipinski definition) is 2. The SMILES string of the molecule is CC/C=C/c1ccc(CC(=O)C2(NC(=O)c3ccc4c(C5CCCCC5)c5n(c4c3)CCOc3cc(OC)ccc3-5)CCC2)cc1.COc1ccc2c(c1)OCCn1c-2c(C2CCCCC2)c2ccc(C(=O)NC3(C(=O)Cc4ccc(/C=C/OC=O)cc4)CCC3)cc21.O=C=O. The Morgan fingerprint density at radius 3 is 1.36 bits per heavy atom. The van der Waals surface area contributed by atoms with Gasteiger partial charge in [-0.05, 0) is 170 Å². The van der Waals surface area contributed by atoms with Gasteiger partial charge in [0.25, 0.3) is 18.3 Å². The van der Waals surface area contributed by atoms with Gasteiger partial charge in [-0.1, -0.05) is 118 Å². The summed E-state index contributed by atoms with van der Waals surface area (Å²) in [5, 5.41) is 8.79. The van der Waals surface area contributed by atoms with Gasteiger partial charge in [0.15, 0.2) is 11.6 Å². The molecule has 4 saturated carbocycles. The molecule has 14 rings (SSSR count). The first-order valence-corrected chi connectivity index (χ1v) is 34.2. The third kappa shape index (κ3) is 13.8. The van der Waals surface area contributed by atoms with E-state index in [1.165, 1.54) is 90.9 Å². The number of benzene rings is 6. The monoisotopic (exact) mass is 1290 g/mol. The minimum atomic E-state index is -0.864. The molecule has 0 radical (unpaired) electrons. The van der Waals surface area contributed by atoms with E-state index in [1.807, 2.05) is 84.9 Å². The highest BCUT2D eigenvalue weighted by atomic mass is 16.5. The van der Waals surface area contributed by atoms with Crippen molar-refractivity contribution >= 4 is 70.0 Å². The maximum atomic E-state index is 13.9. The molecule has 2 aliphatic heterocycles. The van der Waals surface area contributed by atoms with Crippen LogP contribution in [0, 0.1) is 0 Å². The van der Waals surface area contributed by atoms with E-state index >= 15 is 0 Å². The first-order chi connectivity index (χ1) is 46.9. The largest absolute Gasteiger partial charge is 0.497 e. The second kappa shape index (κ2) is 29.9. The van der Waals surface area contributed by atoms with Crippen LogP contribution in [-0.2, 0) is 54.6 Å². The van der Waals surface area contributed by atoms with Gasteiger partial charge >= 0.3 is 6.15 Å². The van der Waals surface area contributed by atoms with Gasteiger partial charge in [0.05, 0.1) is 56.0 Å². The summed E-state index contributed by atoms with van der Waals surface area (Å²) >= 11 is 0. The Bertz CT molecular complexity index is 4280. The molecule has 8 aromatic rings. The third-order valence-corrected chi connectivity index (χ3v) is 20.6. The van der Waals surface area contributed by atoms with Crippen molar-refractivity contribution in [2.24, 2.45) is 0 Å². The lowest BCUT2D eigenvalue weighted by molar-refractivity contribution is -0.191. The molecule has 6 aromatic carbocycles. The Hall–Kier alpha value is -9.79. The normalized spacial score (nSPS) is 16.8. The van der Waals surface area contributed by atoms with Crippen molar-refractivity contribution in [1.82, 2.24) is 19.8 Å². The molecule has 0 spiro atoms. The Balaban J connectivity index is 0.000000176. The number of fused-ring (bicyclic) bond motifs is 10. The molecule has 2 N–H and O–H groups in total. The maximum absolute atomic E-state index is 13.9. The molecular formula is C80H84N4O12. The number of ether oxygens (including phenoxy) is 5. The van der Waals surface area contributed by atoms with Gasteiger partial charge in [-0.3, -0.25) is 24.0 Å². The number of rotatable bonds is 19. The van der Waals surface area contributed by atoms with Gasteiger partial charge in [-0.2, -0.15) is 9.59 Å².